The highest BCUT2D eigenvalue weighted by molar-refractivity contribution is 5.89. The molecule has 184 valence electrons. The number of benzene rings is 2. The van der Waals surface area contributed by atoms with Crippen molar-refractivity contribution in [2.75, 3.05) is 44.7 Å². The fraction of sp³-hybridized carbons (Fsp3) is 0.320. The summed E-state index contributed by atoms with van der Waals surface area (Å²) in [4.78, 5) is 26.9. The summed E-state index contributed by atoms with van der Waals surface area (Å²) in [5, 5.41) is 9.90. The van der Waals surface area contributed by atoms with Crippen molar-refractivity contribution in [2.45, 2.75) is 13.0 Å². The van der Waals surface area contributed by atoms with E-state index in [4.69, 9.17) is 4.74 Å². The zero-order valence-electron chi connectivity index (χ0n) is 19.2. The molecule has 35 heavy (non-hydrogen) atoms. The minimum Gasteiger partial charge on any atom is -0.379 e. The van der Waals surface area contributed by atoms with Crippen LogP contribution in [0.2, 0.25) is 0 Å². The lowest BCUT2D eigenvalue weighted by atomic mass is 10.1. The van der Waals surface area contributed by atoms with Gasteiger partial charge < -0.3 is 15.4 Å². The minimum atomic E-state index is -0.724. The number of hydrogen-bond acceptors (Lipinski definition) is 5. The molecule has 1 aliphatic rings. The van der Waals surface area contributed by atoms with Crippen molar-refractivity contribution in [2.24, 2.45) is 0 Å². The van der Waals surface area contributed by atoms with Crippen LogP contribution in [0, 0.1) is 11.6 Å². The number of amides is 2. The van der Waals surface area contributed by atoms with Crippen molar-refractivity contribution < 1.29 is 18.3 Å². The number of nitrogens with zero attached hydrogens (tertiary/aromatic N) is 3. The summed E-state index contributed by atoms with van der Waals surface area (Å²) >= 11 is 0. The Kier molecular flexibility index (Phi) is 8.17. The molecule has 2 heterocycles. The third-order valence-electron chi connectivity index (χ3n) is 5.58. The van der Waals surface area contributed by atoms with Crippen LogP contribution >= 0.6 is 0 Å². The van der Waals surface area contributed by atoms with Gasteiger partial charge >= 0.3 is 6.03 Å². The molecule has 4 rings (SSSR count). The van der Waals surface area contributed by atoms with E-state index in [1.807, 2.05) is 0 Å². The van der Waals surface area contributed by atoms with Crippen molar-refractivity contribution in [3.8, 4) is 11.3 Å². The zero-order chi connectivity index (χ0) is 24.6. The average molecular weight is 484 g/mol. The Morgan fingerprint density at radius 1 is 1.03 bits per heavy atom. The Bertz CT molecular complexity index is 1210. The molecule has 0 unspecified atom stereocenters. The first-order valence-electron chi connectivity index (χ1n) is 11.4. The molecule has 0 bridgehead atoms. The monoisotopic (exact) mass is 483 g/mol. The highest BCUT2D eigenvalue weighted by Gasteiger charge is 2.11. The maximum Gasteiger partial charge on any atom is 0.319 e. The van der Waals surface area contributed by atoms with Crippen LogP contribution in [0.3, 0.4) is 0 Å². The van der Waals surface area contributed by atoms with Gasteiger partial charge in [-0.1, -0.05) is 12.1 Å². The van der Waals surface area contributed by atoms with Crippen LogP contribution in [0.25, 0.3) is 11.3 Å². The van der Waals surface area contributed by atoms with E-state index in [1.54, 1.807) is 24.3 Å². The minimum absolute atomic E-state index is 0.126. The number of carbonyl (C=O) groups excluding carboxylic acids is 1. The second-order valence-electron chi connectivity index (χ2n) is 8.26. The highest BCUT2D eigenvalue weighted by atomic mass is 19.1. The Morgan fingerprint density at radius 3 is 2.57 bits per heavy atom. The van der Waals surface area contributed by atoms with Crippen LogP contribution in [-0.2, 0) is 11.3 Å². The SMILES string of the molecule is O=C(NCCCN1CCOCC1)Nc1cccc(Cn2nc(-c3cc(F)cc(F)c3)ccc2=O)c1. The third kappa shape index (κ3) is 7.17. The average Bonchev–Trinajstić information content (AvgIpc) is 2.83. The van der Waals surface area contributed by atoms with E-state index in [0.717, 1.165) is 63.0 Å². The number of urea groups is 1. The largest absolute Gasteiger partial charge is 0.379 e. The molecule has 8 nitrogen and oxygen atoms in total. The fourth-order valence-electron chi connectivity index (χ4n) is 3.84. The standard InChI is InChI=1S/C25H27F2N5O3/c26-20-14-19(15-21(27)16-20)23-5-6-24(33)32(30-23)17-18-3-1-4-22(13-18)29-25(34)28-7-2-8-31-9-11-35-12-10-31/h1,3-6,13-16H,2,7-12,17H2,(H2,28,29,34). The number of aromatic nitrogens is 2. The first-order valence-corrected chi connectivity index (χ1v) is 11.4. The second-order valence-corrected chi connectivity index (χ2v) is 8.26. The molecule has 1 aromatic heterocycles. The van der Waals surface area contributed by atoms with E-state index in [9.17, 15) is 18.4 Å². The van der Waals surface area contributed by atoms with Crippen molar-refractivity contribution in [3.05, 3.63) is 82.1 Å². The Hall–Kier alpha value is -3.63. The number of rotatable bonds is 8. The first-order chi connectivity index (χ1) is 17.0. The summed E-state index contributed by atoms with van der Waals surface area (Å²) in [6.45, 7) is 4.91. The maximum absolute atomic E-state index is 13.6. The summed E-state index contributed by atoms with van der Waals surface area (Å²) < 4.78 is 33.7. The number of hydrogen-bond donors (Lipinski definition) is 2. The number of anilines is 1. The summed E-state index contributed by atoms with van der Waals surface area (Å²) in [5.41, 5.74) is 1.45. The van der Waals surface area contributed by atoms with Gasteiger partial charge in [0, 0.05) is 43.0 Å². The Morgan fingerprint density at radius 2 is 1.80 bits per heavy atom. The van der Waals surface area contributed by atoms with Gasteiger partial charge in [-0.15, -0.1) is 0 Å². The van der Waals surface area contributed by atoms with Gasteiger partial charge in [-0.2, -0.15) is 5.10 Å². The Balaban J connectivity index is 1.35. The quantitative estimate of drug-likeness (QED) is 0.481. The molecule has 2 aromatic carbocycles. The predicted molar refractivity (Wildman–Crippen MR) is 128 cm³/mol. The van der Waals surface area contributed by atoms with Crippen molar-refractivity contribution in [3.63, 3.8) is 0 Å². The number of carbonyl (C=O) groups is 1. The van der Waals surface area contributed by atoms with Crippen LogP contribution in [0.4, 0.5) is 19.3 Å². The van der Waals surface area contributed by atoms with Gasteiger partial charge in [0.05, 0.1) is 25.5 Å². The second kappa shape index (κ2) is 11.7. The fourth-order valence-corrected chi connectivity index (χ4v) is 3.84. The molecule has 0 atom stereocenters. The van der Waals surface area contributed by atoms with Gasteiger partial charge in [-0.25, -0.2) is 18.3 Å². The van der Waals surface area contributed by atoms with Crippen LogP contribution in [0.15, 0.2) is 59.4 Å². The van der Waals surface area contributed by atoms with Gasteiger partial charge in [-0.05, 0) is 48.9 Å². The van der Waals surface area contributed by atoms with E-state index in [0.29, 0.717) is 12.2 Å². The van der Waals surface area contributed by atoms with E-state index in [-0.39, 0.29) is 29.4 Å². The number of ether oxygens (including phenoxy) is 1. The maximum atomic E-state index is 13.6. The number of halogens is 2. The molecule has 1 aliphatic heterocycles. The molecule has 3 aromatic rings. The van der Waals surface area contributed by atoms with E-state index in [2.05, 4.69) is 20.6 Å². The summed E-state index contributed by atoms with van der Waals surface area (Å²) in [5.74, 6) is -1.45. The summed E-state index contributed by atoms with van der Waals surface area (Å²) in [7, 11) is 0. The molecular weight excluding hydrogens is 456 g/mol. The van der Waals surface area contributed by atoms with Crippen LogP contribution in [0.5, 0.6) is 0 Å². The van der Waals surface area contributed by atoms with E-state index in [1.165, 1.54) is 16.8 Å². The summed E-state index contributed by atoms with van der Waals surface area (Å²) in [6, 6.07) is 12.6. The van der Waals surface area contributed by atoms with E-state index < -0.39 is 11.6 Å². The summed E-state index contributed by atoms with van der Waals surface area (Å²) in [6.07, 6.45) is 0.841. The highest BCUT2D eigenvalue weighted by Crippen LogP contribution is 2.19. The predicted octanol–water partition coefficient (Wildman–Crippen LogP) is 3.08. The Labute approximate surface area is 201 Å². The van der Waals surface area contributed by atoms with Gasteiger partial charge in [0.2, 0.25) is 0 Å². The molecular formula is C25H27F2N5O3. The van der Waals surface area contributed by atoms with Gasteiger partial charge in [0.25, 0.3) is 5.56 Å². The van der Waals surface area contributed by atoms with Crippen LogP contribution in [0.1, 0.15) is 12.0 Å². The molecule has 10 heteroatoms. The van der Waals surface area contributed by atoms with Crippen LogP contribution < -0.4 is 16.2 Å². The lowest BCUT2D eigenvalue weighted by Crippen LogP contribution is -2.38. The smallest absolute Gasteiger partial charge is 0.319 e. The lowest BCUT2D eigenvalue weighted by Gasteiger charge is -2.26. The molecule has 2 N–H and O–H groups in total. The van der Waals surface area contributed by atoms with Gasteiger partial charge in [0.15, 0.2) is 0 Å². The van der Waals surface area contributed by atoms with Crippen molar-refractivity contribution in [1.82, 2.24) is 20.0 Å². The lowest BCUT2D eigenvalue weighted by molar-refractivity contribution is 0.0375. The molecule has 1 fully saturated rings. The molecule has 0 radical (unpaired) electrons. The number of nitrogens with one attached hydrogen (secondary N) is 2. The van der Waals surface area contributed by atoms with Crippen molar-refractivity contribution in [1.29, 1.82) is 0 Å². The van der Waals surface area contributed by atoms with Crippen molar-refractivity contribution >= 4 is 11.7 Å². The third-order valence-corrected chi connectivity index (χ3v) is 5.58. The normalized spacial score (nSPS) is 14.0. The molecule has 0 saturated carbocycles. The zero-order valence-corrected chi connectivity index (χ0v) is 19.2. The molecule has 0 spiro atoms. The van der Waals surface area contributed by atoms with Gasteiger partial charge in [0.1, 0.15) is 11.6 Å². The topological polar surface area (TPSA) is 88.5 Å². The molecule has 1 saturated heterocycles. The molecule has 2 amide bonds. The van der Waals surface area contributed by atoms with Gasteiger partial charge in [-0.3, -0.25) is 9.69 Å². The number of morpholine rings is 1. The first kappa shape index (κ1) is 24.5. The van der Waals surface area contributed by atoms with Crippen LogP contribution in [-0.4, -0.2) is 60.1 Å². The molecule has 0 aliphatic carbocycles. The van der Waals surface area contributed by atoms with E-state index >= 15 is 0 Å².